The number of ether oxygens (including phenoxy) is 1. The van der Waals surface area contributed by atoms with Crippen LogP contribution in [0.25, 0.3) is 0 Å². The van der Waals surface area contributed by atoms with E-state index in [4.69, 9.17) is 4.74 Å². The lowest BCUT2D eigenvalue weighted by Gasteiger charge is -2.08. The quantitative estimate of drug-likeness (QED) is 0.516. The molecule has 3 aromatic rings. The van der Waals surface area contributed by atoms with Crippen LogP contribution in [-0.2, 0) is 19.5 Å². The summed E-state index contributed by atoms with van der Waals surface area (Å²) in [7, 11) is 0. The fourth-order valence-corrected chi connectivity index (χ4v) is 3.98. The first-order chi connectivity index (χ1) is 12.1. The van der Waals surface area contributed by atoms with Crippen LogP contribution in [0, 0.1) is 13.8 Å². The lowest BCUT2D eigenvalue weighted by Crippen LogP contribution is -3.00. The zero-order valence-electron chi connectivity index (χ0n) is 15.0. The topological polar surface area (TPSA) is 18.0 Å². The fourth-order valence-electron chi connectivity index (χ4n) is 3.57. The summed E-state index contributed by atoms with van der Waals surface area (Å²) in [6, 6.07) is 12.8. The minimum atomic E-state index is 0. The summed E-state index contributed by atoms with van der Waals surface area (Å²) in [4.78, 5) is 0. The van der Waals surface area contributed by atoms with E-state index in [1.54, 1.807) is 0 Å². The minimum absolute atomic E-state index is 0. The number of imidazole rings is 1. The molecule has 0 bridgehead atoms. The Hall–Kier alpha value is -1.59. The number of hydrogen-bond acceptors (Lipinski definition) is 1. The third-order valence-electron chi connectivity index (χ3n) is 4.77. The van der Waals surface area contributed by atoms with Crippen molar-refractivity contribution in [3.63, 3.8) is 0 Å². The molecule has 2 aromatic carbocycles. The standard InChI is InChI=1S/C21H22BrN2O.BrH/c1-15-9-16(2)19-11-18(25-21(19)10-15)13-24-8-7-23(14-24)12-17-5-3-4-6-20(17)22;/h3-10,14,18H,11-13H2,1-2H3;1H/q+1;/p-1. The van der Waals surface area contributed by atoms with Gasteiger partial charge in [0.05, 0.1) is 0 Å². The van der Waals surface area contributed by atoms with Crippen molar-refractivity contribution in [1.29, 1.82) is 0 Å². The van der Waals surface area contributed by atoms with Gasteiger partial charge in [-0.15, -0.1) is 0 Å². The second-order valence-corrected chi connectivity index (χ2v) is 7.73. The van der Waals surface area contributed by atoms with Crippen LogP contribution in [0.5, 0.6) is 5.75 Å². The average Bonchev–Trinajstić information content (AvgIpc) is 3.17. The van der Waals surface area contributed by atoms with Crippen LogP contribution in [0.2, 0.25) is 0 Å². The van der Waals surface area contributed by atoms with Gasteiger partial charge in [-0.1, -0.05) is 40.2 Å². The van der Waals surface area contributed by atoms with Gasteiger partial charge in [-0.05, 0) is 37.1 Å². The number of nitrogens with zero attached hydrogens (tertiary/aromatic N) is 2. The smallest absolute Gasteiger partial charge is 0.244 e. The van der Waals surface area contributed by atoms with Gasteiger partial charge in [0.2, 0.25) is 6.33 Å². The maximum absolute atomic E-state index is 6.18. The highest BCUT2D eigenvalue weighted by atomic mass is 79.9. The van der Waals surface area contributed by atoms with Gasteiger partial charge in [-0.3, -0.25) is 0 Å². The third kappa shape index (κ3) is 4.04. The first kappa shape index (κ1) is 19.2. The second kappa shape index (κ2) is 7.97. The Morgan fingerprint density at radius 3 is 2.85 bits per heavy atom. The van der Waals surface area contributed by atoms with E-state index in [-0.39, 0.29) is 23.1 Å². The second-order valence-electron chi connectivity index (χ2n) is 6.88. The van der Waals surface area contributed by atoms with Gasteiger partial charge in [-0.2, -0.15) is 0 Å². The Morgan fingerprint density at radius 1 is 1.23 bits per heavy atom. The highest BCUT2D eigenvalue weighted by Crippen LogP contribution is 2.33. The molecule has 3 nitrogen and oxygen atoms in total. The van der Waals surface area contributed by atoms with Crippen LogP contribution >= 0.6 is 15.9 Å². The van der Waals surface area contributed by atoms with Crippen molar-refractivity contribution in [2.45, 2.75) is 39.5 Å². The van der Waals surface area contributed by atoms with Crippen molar-refractivity contribution >= 4 is 15.9 Å². The van der Waals surface area contributed by atoms with Gasteiger partial charge in [0.15, 0.2) is 0 Å². The van der Waals surface area contributed by atoms with E-state index < -0.39 is 0 Å². The Labute approximate surface area is 173 Å². The van der Waals surface area contributed by atoms with Crippen LogP contribution in [0.15, 0.2) is 59.6 Å². The number of hydrogen-bond donors (Lipinski definition) is 0. The third-order valence-corrected chi connectivity index (χ3v) is 5.55. The Morgan fingerprint density at radius 2 is 2.04 bits per heavy atom. The molecule has 0 aliphatic carbocycles. The van der Waals surface area contributed by atoms with Gasteiger partial charge in [0.25, 0.3) is 0 Å². The summed E-state index contributed by atoms with van der Waals surface area (Å²) in [5.74, 6) is 1.07. The summed E-state index contributed by atoms with van der Waals surface area (Å²) in [5.41, 5.74) is 5.25. The number of halogens is 2. The molecule has 136 valence electrons. The molecule has 1 aromatic heterocycles. The average molecular weight is 478 g/mol. The number of rotatable bonds is 4. The van der Waals surface area contributed by atoms with Crippen molar-refractivity contribution in [2.75, 3.05) is 0 Å². The molecule has 0 N–H and O–H groups in total. The van der Waals surface area contributed by atoms with Gasteiger partial charge in [0.1, 0.15) is 37.3 Å². The van der Waals surface area contributed by atoms with E-state index in [0.29, 0.717) is 0 Å². The van der Waals surface area contributed by atoms with Crippen LogP contribution in [0.1, 0.15) is 22.3 Å². The molecule has 0 spiro atoms. The molecular weight excluding hydrogens is 456 g/mol. The number of benzene rings is 2. The van der Waals surface area contributed by atoms with Crippen molar-refractivity contribution in [3.05, 3.63) is 81.8 Å². The summed E-state index contributed by atoms with van der Waals surface area (Å²) in [5, 5.41) is 0. The summed E-state index contributed by atoms with van der Waals surface area (Å²) >= 11 is 3.62. The molecule has 5 heteroatoms. The molecule has 1 unspecified atom stereocenters. The number of fused-ring (bicyclic) bond motifs is 1. The molecule has 0 saturated heterocycles. The molecule has 1 aliphatic rings. The highest BCUT2D eigenvalue weighted by molar-refractivity contribution is 9.10. The van der Waals surface area contributed by atoms with Crippen LogP contribution < -0.4 is 26.3 Å². The largest absolute Gasteiger partial charge is 1.00 e. The maximum atomic E-state index is 6.18. The van der Waals surface area contributed by atoms with E-state index in [1.165, 1.54) is 22.3 Å². The molecule has 4 rings (SSSR count). The zero-order chi connectivity index (χ0) is 17.4. The SMILES string of the molecule is Cc1cc(C)c2c(c1)OC(Cn1cc[n+](Cc3ccccc3Br)c1)C2.[Br-]. The monoisotopic (exact) mass is 476 g/mol. The lowest BCUT2D eigenvalue weighted by molar-refractivity contribution is -0.688. The van der Waals surface area contributed by atoms with Crippen molar-refractivity contribution in [1.82, 2.24) is 4.57 Å². The van der Waals surface area contributed by atoms with E-state index in [1.807, 2.05) is 6.07 Å². The fraction of sp³-hybridized carbons (Fsp3) is 0.286. The maximum Gasteiger partial charge on any atom is 0.244 e. The molecule has 0 amide bonds. The van der Waals surface area contributed by atoms with Crippen LogP contribution in [-0.4, -0.2) is 10.7 Å². The van der Waals surface area contributed by atoms with Gasteiger partial charge in [-0.25, -0.2) is 9.13 Å². The van der Waals surface area contributed by atoms with Crippen LogP contribution in [0.3, 0.4) is 0 Å². The molecule has 0 radical (unpaired) electrons. The van der Waals surface area contributed by atoms with E-state index in [9.17, 15) is 0 Å². The van der Waals surface area contributed by atoms with E-state index >= 15 is 0 Å². The van der Waals surface area contributed by atoms with Gasteiger partial charge in [0, 0.05) is 22.0 Å². The predicted molar refractivity (Wildman–Crippen MR) is 102 cm³/mol. The normalized spacial score (nSPS) is 15.3. The van der Waals surface area contributed by atoms with Crippen molar-refractivity contribution in [2.24, 2.45) is 0 Å². The molecular formula is C21H22Br2N2O. The van der Waals surface area contributed by atoms with Crippen molar-refractivity contribution < 1.29 is 26.3 Å². The first-order valence-electron chi connectivity index (χ1n) is 8.63. The first-order valence-corrected chi connectivity index (χ1v) is 9.43. The highest BCUT2D eigenvalue weighted by Gasteiger charge is 2.26. The molecule has 0 fully saturated rings. The molecule has 0 saturated carbocycles. The zero-order valence-corrected chi connectivity index (χ0v) is 18.1. The summed E-state index contributed by atoms with van der Waals surface area (Å²) in [6.45, 7) is 6.04. The molecule has 26 heavy (non-hydrogen) atoms. The Bertz CT molecular complexity index is 920. The van der Waals surface area contributed by atoms with Gasteiger partial charge < -0.3 is 21.7 Å². The summed E-state index contributed by atoms with van der Waals surface area (Å²) < 4.78 is 11.8. The predicted octanol–water partition coefficient (Wildman–Crippen LogP) is 1.21. The van der Waals surface area contributed by atoms with E-state index in [2.05, 4.69) is 88.0 Å². The number of aromatic nitrogens is 2. The summed E-state index contributed by atoms with van der Waals surface area (Å²) in [6.07, 6.45) is 7.60. The minimum Gasteiger partial charge on any atom is -1.00 e. The number of aryl methyl sites for hydroxylation is 2. The lowest BCUT2D eigenvalue weighted by atomic mass is 10.0. The Kier molecular flexibility index (Phi) is 5.88. The molecule has 1 aliphatic heterocycles. The molecule has 2 heterocycles. The van der Waals surface area contributed by atoms with Crippen molar-refractivity contribution in [3.8, 4) is 5.75 Å². The van der Waals surface area contributed by atoms with Gasteiger partial charge >= 0.3 is 0 Å². The Balaban J connectivity index is 0.00000196. The van der Waals surface area contributed by atoms with E-state index in [0.717, 1.165) is 29.7 Å². The molecule has 1 atom stereocenters. The van der Waals surface area contributed by atoms with Crippen LogP contribution in [0.4, 0.5) is 0 Å².